The van der Waals surface area contributed by atoms with Gasteiger partial charge in [-0.05, 0) is 40.5 Å². The van der Waals surface area contributed by atoms with Crippen LogP contribution in [0.3, 0.4) is 0 Å². The number of hydrogen-bond acceptors (Lipinski definition) is 1. The van der Waals surface area contributed by atoms with Crippen LogP contribution in [-0.4, -0.2) is 17.9 Å². The molecule has 4 heteroatoms. The zero-order valence-electron chi connectivity index (χ0n) is 11.4. The lowest BCUT2D eigenvalue weighted by Crippen LogP contribution is -2.26. The lowest BCUT2D eigenvalue weighted by atomic mass is 10.1. The van der Waals surface area contributed by atoms with Crippen LogP contribution in [-0.2, 0) is 6.54 Å². The fraction of sp³-hybridized carbons (Fsp3) is 0.188. The molecule has 20 heavy (non-hydrogen) atoms. The Balaban J connectivity index is 2.16. The minimum atomic E-state index is -0.431. The predicted octanol–water partition coefficient (Wildman–Crippen LogP) is 4.17. The van der Waals surface area contributed by atoms with Gasteiger partial charge in [0.2, 0.25) is 0 Å². The molecule has 0 aromatic heterocycles. The van der Waals surface area contributed by atoms with Gasteiger partial charge in [0, 0.05) is 13.6 Å². The Morgan fingerprint density at radius 1 is 1.20 bits per heavy atom. The van der Waals surface area contributed by atoms with Crippen molar-refractivity contribution in [2.24, 2.45) is 0 Å². The van der Waals surface area contributed by atoms with Gasteiger partial charge >= 0.3 is 0 Å². The second-order valence-electron chi connectivity index (χ2n) is 4.75. The van der Waals surface area contributed by atoms with Crippen molar-refractivity contribution in [2.45, 2.75) is 13.5 Å². The maximum atomic E-state index is 13.5. The molecule has 2 aromatic carbocycles. The van der Waals surface area contributed by atoms with Crippen LogP contribution in [0.5, 0.6) is 0 Å². The number of carbonyl (C=O) groups excluding carboxylic acids is 1. The molecule has 0 aliphatic heterocycles. The van der Waals surface area contributed by atoms with Crippen molar-refractivity contribution in [1.29, 1.82) is 0 Å². The van der Waals surface area contributed by atoms with E-state index in [0.717, 1.165) is 5.56 Å². The van der Waals surface area contributed by atoms with Gasteiger partial charge in [-0.15, -0.1) is 0 Å². The van der Waals surface area contributed by atoms with Gasteiger partial charge in [-0.2, -0.15) is 0 Å². The number of carbonyl (C=O) groups is 1. The van der Waals surface area contributed by atoms with Crippen LogP contribution in [0.1, 0.15) is 21.5 Å². The van der Waals surface area contributed by atoms with Crippen LogP contribution in [0.2, 0.25) is 0 Å². The number of rotatable bonds is 3. The molecule has 0 fully saturated rings. The molecule has 2 rings (SSSR count). The topological polar surface area (TPSA) is 20.3 Å². The first-order chi connectivity index (χ1) is 9.49. The second-order valence-corrected chi connectivity index (χ2v) is 5.54. The van der Waals surface area contributed by atoms with Crippen LogP contribution in [0.25, 0.3) is 0 Å². The Bertz CT molecular complexity index is 625. The average molecular weight is 336 g/mol. The predicted molar refractivity (Wildman–Crippen MR) is 81.1 cm³/mol. The summed E-state index contributed by atoms with van der Waals surface area (Å²) in [6, 6.07) is 12.5. The summed E-state index contributed by atoms with van der Waals surface area (Å²) in [5.74, 6) is -0.642. The molecule has 0 aliphatic carbocycles. The van der Waals surface area contributed by atoms with Gasteiger partial charge < -0.3 is 4.90 Å². The highest BCUT2D eigenvalue weighted by molar-refractivity contribution is 9.10. The van der Waals surface area contributed by atoms with Crippen molar-refractivity contribution in [3.05, 3.63) is 69.4 Å². The molecule has 0 N–H and O–H groups in total. The molecule has 0 saturated carbocycles. The lowest BCUT2D eigenvalue weighted by Gasteiger charge is -2.18. The van der Waals surface area contributed by atoms with Crippen molar-refractivity contribution >= 4 is 21.8 Å². The molecule has 0 radical (unpaired) electrons. The Hall–Kier alpha value is -1.68. The van der Waals surface area contributed by atoms with E-state index in [4.69, 9.17) is 0 Å². The largest absolute Gasteiger partial charge is 0.337 e. The van der Waals surface area contributed by atoms with Crippen molar-refractivity contribution in [2.75, 3.05) is 7.05 Å². The van der Waals surface area contributed by atoms with Crippen LogP contribution in [0.4, 0.5) is 4.39 Å². The zero-order valence-corrected chi connectivity index (χ0v) is 12.9. The van der Waals surface area contributed by atoms with E-state index < -0.39 is 5.82 Å². The molecule has 104 valence electrons. The highest BCUT2D eigenvalue weighted by Crippen LogP contribution is 2.22. The van der Waals surface area contributed by atoms with Gasteiger partial charge in [-0.3, -0.25) is 4.79 Å². The molecule has 1 amide bonds. The minimum absolute atomic E-state index is 0.209. The maximum absolute atomic E-state index is 13.5. The first-order valence-corrected chi connectivity index (χ1v) is 7.03. The van der Waals surface area contributed by atoms with E-state index in [0.29, 0.717) is 12.1 Å². The molecule has 0 saturated heterocycles. The lowest BCUT2D eigenvalue weighted by molar-refractivity contribution is 0.0783. The normalized spacial score (nSPS) is 10.4. The molecule has 0 unspecified atom stereocenters. The zero-order chi connectivity index (χ0) is 14.7. The number of benzene rings is 2. The summed E-state index contributed by atoms with van der Waals surface area (Å²) in [6.45, 7) is 2.50. The van der Waals surface area contributed by atoms with E-state index in [1.54, 1.807) is 18.0 Å². The van der Waals surface area contributed by atoms with Crippen molar-refractivity contribution in [3.8, 4) is 0 Å². The third-order valence-corrected chi connectivity index (χ3v) is 3.87. The van der Waals surface area contributed by atoms with Gasteiger partial charge in [-0.25, -0.2) is 4.39 Å². The third kappa shape index (κ3) is 3.25. The second kappa shape index (κ2) is 6.18. The van der Waals surface area contributed by atoms with E-state index in [2.05, 4.69) is 15.9 Å². The monoisotopic (exact) mass is 335 g/mol. The third-order valence-electron chi connectivity index (χ3n) is 3.07. The summed E-state index contributed by atoms with van der Waals surface area (Å²) in [5, 5.41) is 0. The molecule has 0 bridgehead atoms. The molecule has 0 spiro atoms. The van der Waals surface area contributed by atoms with Crippen LogP contribution >= 0.6 is 15.9 Å². The van der Waals surface area contributed by atoms with Gasteiger partial charge in [0.1, 0.15) is 5.82 Å². The number of hydrogen-bond donors (Lipinski definition) is 0. The smallest absolute Gasteiger partial charge is 0.255 e. The Morgan fingerprint density at radius 3 is 2.50 bits per heavy atom. The standard InChI is InChI=1S/C16H15BrFNO/c1-11-6-8-12(9-7-11)10-19(2)16(20)13-4-3-5-14(18)15(13)17/h3-9H,10H2,1-2H3. The number of halogens is 2. The first-order valence-electron chi connectivity index (χ1n) is 6.24. The summed E-state index contributed by atoms with van der Waals surface area (Å²) in [6.07, 6.45) is 0. The Morgan fingerprint density at radius 2 is 1.85 bits per heavy atom. The number of amides is 1. The molecule has 0 atom stereocenters. The molecular formula is C16H15BrFNO. The fourth-order valence-corrected chi connectivity index (χ4v) is 2.35. The van der Waals surface area contributed by atoms with Gasteiger partial charge in [0.15, 0.2) is 0 Å². The molecular weight excluding hydrogens is 321 g/mol. The molecule has 0 aliphatic rings. The first kappa shape index (κ1) is 14.7. The SMILES string of the molecule is Cc1ccc(CN(C)C(=O)c2cccc(F)c2Br)cc1. The molecule has 2 nitrogen and oxygen atoms in total. The molecule has 2 aromatic rings. The summed E-state index contributed by atoms with van der Waals surface area (Å²) >= 11 is 3.12. The number of nitrogens with zero attached hydrogens (tertiary/aromatic N) is 1. The summed E-state index contributed by atoms with van der Waals surface area (Å²) in [4.78, 5) is 13.9. The molecule has 0 heterocycles. The highest BCUT2D eigenvalue weighted by Gasteiger charge is 2.17. The van der Waals surface area contributed by atoms with E-state index in [9.17, 15) is 9.18 Å². The highest BCUT2D eigenvalue weighted by atomic mass is 79.9. The van der Waals surface area contributed by atoms with Crippen molar-refractivity contribution in [3.63, 3.8) is 0 Å². The van der Waals surface area contributed by atoms with Gasteiger partial charge in [-0.1, -0.05) is 35.9 Å². The van der Waals surface area contributed by atoms with E-state index >= 15 is 0 Å². The van der Waals surface area contributed by atoms with E-state index in [1.807, 2.05) is 31.2 Å². The summed E-state index contributed by atoms with van der Waals surface area (Å²) in [7, 11) is 1.71. The van der Waals surface area contributed by atoms with Crippen LogP contribution < -0.4 is 0 Å². The fourth-order valence-electron chi connectivity index (χ4n) is 1.91. The van der Waals surface area contributed by atoms with Gasteiger partial charge in [0.05, 0.1) is 10.0 Å². The maximum Gasteiger partial charge on any atom is 0.255 e. The average Bonchev–Trinajstić information content (AvgIpc) is 2.43. The van der Waals surface area contributed by atoms with Crippen molar-refractivity contribution < 1.29 is 9.18 Å². The number of aryl methyl sites for hydroxylation is 1. The van der Waals surface area contributed by atoms with Crippen LogP contribution in [0.15, 0.2) is 46.9 Å². The quantitative estimate of drug-likeness (QED) is 0.824. The summed E-state index contributed by atoms with van der Waals surface area (Å²) < 4.78 is 13.7. The van der Waals surface area contributed by atoms with Crippen LogP contribution in [0, 0.1) is 12.7 Å². The Kier molecular flexibility index (Phi) is 4.55. The van der Waals surface area contributed by atoms with E-state index in [-0.39, 0.29) is 10.4 Å². The minimum Gasteiger partial charge on any atom is -0.337 e. The Labute approximate surface area is 126 Å². The van der Waals surface area contributed by atoms with Gasteiger partial charge in [0.25, 0.3) is 5.91 Å². The summed E-state index contributed by atoms with van der Waals surface area (Å²) in [5.41, 5.74) is 2.55. The van der Waals surface area contributed by atoms with E-state index in [1.165, 1.54) is 17.7 Å². The van der Waals surface area contributed by atoms with Crippen molar-refractivity contribution in [1.82, 2.24) is 4.90 Å².